The zero-order valence-corrected chi connectivity index (χ0v) is 26.5. The summed E-state index contributed by atoms with van der Waals surface area (Å²) in [5.41, 5.74) is 4.07. The van der Waals surface area contributed by atoms with E-state index < -0.39 is 6.17 Å². The standard InChI is InChI=1S/C20H29BN3S.C6H4ClF.C3H7F.C2H6/c1-6-9-16(10-7-2)18-13-23-20(15(4)25-11-8-3)24-14-17(21-22-5)12-19(18)24;7-5-2-1-3-6(8)4-5;1-3(2)4;1-2/h6,8-11,17,22H,4,7,12-14H2,1-3,5H3;1-4H;3H,1-2H3;1-2H3/b9-6-,11-8-,16-10+;;;. The van der Waals surface area contributed by atoms with E-state index in [1.165, 1.54) is 42.8 Å². The van der Waals surface area contributed by atoms with E-state index in [0.29, 0.717) is 10.8 Å². The van der Waals surface area contributed by atoms with Crippen LogP contribution in [0.25, 0.3) is 0 Å². The van der Waals surface area contributed by atoms with Crippen molar-refractivity contribution in [1.29, 1.82) is 0 Å². The number of benzene rings is 1. The maximum absolute atomic E-state index is 12.1. The second-order valence-corrected chi connectivity index (χ2v) is 10.1. The Labute approximate surface area is 246 Å². The molecule has 0 amide bonds. The first kappa shape index (κ1) is 36.9. The number of allylic oxidation sites excluding steroid dienone is 5. The summed E-state index contributed by atoms with van der Waals surface area (Å²) in [5.74, 6) is 1.23. The molecule has 39 heavy (non-hydrogen) atoms. The van der Waals surface area contributed by atoms with Crippen LogP contribution in [0, 0.1) is 5.82 Å². The van der Waals surface area contributed by atoms with Gasteiger partial charge in [-0.3, -0.25) is 4.99 Å². The molecule has 0 bridgehead atoms. The van der Waals surface area contributed by atoms with Crippen molar-refractivity contribution in [1.82, 2.24) is 10.1 Å². The molecule has 1 N–H and O–H groups in total. The fourth-order valence-corrected chi connectivity index (χ4v) is 4.55. The number of nitrogens with zero attached hydrogens (tertiary/aromatic N) is 2. The van der Waals surface area contributed by atoms with Crippen molar-refractivity contribution in [3.8, 4) is 0 Å². The van der Waals surface area contributed by atoms with Gasteiger partial charge in [0.15, 0.2) is 0 Å². The highest BCUT2D eigenvalue weighted by molar-refractivity contribution is 8.06. The lowest BCUT2D eigenvalue weighted by atomic mass is 9.74. The number of aliphatic imine (C=N–C) groups is 1. The third-order valence-electron chi connectivity index (χ3n) is 5.09. The summed E-state index contributed by atoms with van der Waals surface area (Å²) in [6.45, 7) is 19.2. The number of amidine groups is 1. The van der Waals surface area contributed by atoms with Crippen molar-refractivity contribution in [2.24, 2.45) is 4.99 Å². The highest BCUT2D eigenvalue weighted by Crippen LogP contribution is 2.39. The molecule has 1 aromatic carbocycles. The lowest BCUT2D eigenvalue weighted by Crippen LogP contribution is -2.33. The number of hydrogen-bond donors (Lipinski definition) is 1. The topological polar surface area (TPSA) is 27.6 Å². The van der Waals surface area contributed by atoms with Crippen LogP contribution in [0.2, 0.25) is 10.8 Å². The van der Waals surface area contributed by atoms with E-state index in [1.807, 2.05) is 33.9 Å². The van der Waals surface area contributed by atoms with E-state index >= 15 is 0 Å². The summed E-state index contributed by atoms with van der Waals surface area (Å²) in [4.78, 5) is 8.31. The van der Waals surface area contributed by atoms with Crippen LogP contribution in [0.4, 0.5) is 8.78 Å². The van der Waals surface area contributed by atoms with Gasteiger partial charge in [-0.05, 0) is 88.2 Å². The Bertz CT molecular complexity index is 999. The largest absolute Gasteiger partial charge is 0.363 e. The third kappa shape index (κ3) is 14.2. The fraction of sp³-hybridized carbons (Fsp3) is 0.452. The molecule has 1 radical (unpaired) electrons. The maximum atomic E-state index is 12.1. The van der Waals surface area contributed by atoms with Gasteiger partial charge in [0.25, 0.3) is 0 Å². The number of fused-ring (bicyclic) bond motifs is 1. The van der Waals surface area contributed by atoms with Crippen LogP contribution in [-0.4, -0.2) is 44.5 Å². The normalized spacial score (nSPS) is 16.6. The lowest BCUT2D eigenvalue weighted by molar-refractivity contribution is 0.391. The Hall–Kier alpha value is -2.09. The van der Waals surface area contributed by atoms with Gasteiger partial charge in [-0.1, -0.05) is 81.1 Å². The predicted octanol–water partition coefficient (Wildman–Crippen LogP) is 9.55. The van der Waals surface area contributed by atoms with E-state index in [-0.39, 0.29) is 5.82 Å². The zero-order valence-electron chi connectivity index (χ0n) is 24.9. The van der Waals surface area contributed by atoms with Gasteiger partial charge in [0.05, 0.1) is 12.7 Å². The monoisotopic (exact) mass is 576 g/mol. The molecule has 2 aliphatic rings. The lowest BCUT2D eigenvalue weighted by Gasteiger charge is -2.30. The molecule has 3 rings (SSSR count). The molecular weight excluding hydrogens is 531 g/mol. The molecule has 8 heteroatoms. The molecule has 1 fully saturated rings. The van der Waals surface area contributed by atoms with Crippen molar-refractivity contribution < 1.29 is 8.78 Å². The first-order chi connectivity index (χ1) is 18.7. The van der Waals surface area contributed by atoms with Gasteiger partial charge in [0.2, 0.25) is 7.41 Å². The maximum Gasteiger partial charge on any atom is 0.210 e. The molecule has 0 spiro atoms. The molecule has 1 atom stereocenters. The first-order valence-electron chi connectivity index (χ1n) is 13.6. The molecule has 0 aliphatic carbocycles. The molecule has 215 valence electrons. The molecule has 1 unspecified atom stereocenters. The number of halogens is 3. The second kappa shape index (κ2) is 21.7. The number of thioether (sulfide) groups is 1. The summed E-state index contributed by atoms with van der Waals surface area (Å²) in [6.07, 6.45) is 10.1. The summed E-state index contributed by atoms with van der Waals surface area (Å²) >= 11 is 7.06. The molecule has 3 nitrogen and oxygen atoms in total. The van der Waals surface area contributed by atoms with Gasteiger partial charge in [-0.25, -0.2) is 8.78 Å². The Morgan fingerprint density at radius 3 is 2.46 bits per heavy atom. The SMILES string of the molecule is C=C(S/C=C\C)C1=NCC(C(/C=C\C)=C/CC)=C2CC([B]NC)CN12.CC.CC(C)F.Fc1cccc(Cl)c1. The zero-order chi connectivity index (χ0) is 29.8. The van der Waals surface area contributed by atoms with Crippen molar-refractivity contribution >= 4 is 36.6 Å². The molecular formula is C31H46BClF2N3S. The van der Waals surface area contributed by atoms with Crippen LogP contribution in [0.1, 0.15) is 61.3 Å². The Kier molecular flexibility index (Phi) is 20.5. The van der Waals surface area contributed by atoms with E-state index in [1.54, 1.807) is 23.9 Å². The summed E-state index contributed by atoms with van der Waals surface area (Å²) in [7, 11) is 4.17. The van der Waals surface area contributed by atoms with Crippen molar-refractivity contribution in [2.75, 3.05) is 20.1 Å². The third-order valence-corrected chi connectivity index (χ3v) is 6.20. The van der Waals surface area contributed by atoms with Crippen molar-refractivity contribution in [2.45, 2.75) is 73.3 Å². The van der Waals surface area contributed by atoms with Crippen LogP contribution in [0.15, 0.2) is 87.3 Å². The molecule has 0 aromatic heterocycles. The number of alkyl halides is 1. The van der Waals surface area contributed by atoms with Crippen LogP contribution < -0.4 is 5.23 Å². The second-order valence-electron chi connectivity index (χ2n) is 8.63. The quantitative estimate of drug-likeness (QED) is 0.247. The molecule has 0 saturated carbocycles. The van der Waals surface area contributed by atoms with Crippen LogP contribution in [0.3, 0.4) is 0 Å². The highest BCUT2D eigenvalue weighted by Gasteiger charge is 2.35. The Morgan fingerprint density at radius 2 is 1.97 bits per heavy atom. The van der Waals surface area contributed by atoms with Gasteiger partial charge >= 0.3 is 0 Å². The fourth-order valence-electron chi connectivity index (χ4n) is 3.80. The van der Waals surface area contributed by atoms with Crippen LogP contribution in [0.5, 0.6) is 0 Å². The predicted molar refractivity (Wildman–Crippen MR) is 173 cm³/mol. The summed E-state index contributed by atoms with van der Waals surface area (Å²) in [6, 6.07) is 5.82. The average Bonchev–Trinajstić information content (AvgIpc) is 3.32. The smallest absolute Gasteiger partial charge is 0.210 e. The van der Waals surface area contributed by atoms with E-state index in [0.717, 1.165) is 36.7 Å². The van der Waals surface area contributed by atoms with Gasteiger partial charge in [0.1, 0.15) is 11.7 Å². The van der Waals surface area contributed by atoms with E-state index in [4.69, 9.17) is 16.6 Å². The van der Waals surface area contributed by atoms with Gasteiger partial charge in [0, 0.05) is 22.2 Å². The van der Waals surface area contributed by atoms with E-state index in [2.05, 4.69) is 61.6 Å². The Balaban J connectivity index is 0.000000847. The number of nitrogens with one attached hydrogen (secondary N) is 1. The average molecular weight is 577 g/mol. The summed E-state index contributed by atoms with van der Waals surface area (Å²) in [5, 5.41) is 5.71. The molecule has 1 aromatic rings. The van der Waals surface area contributed by atoms with Gasteiger partial charge in [-0.2, -0.15) is 0 Å². The molecule has 2 heterocycles. The highest BCUT2D eigenvalue weighted by atomic mass is 35.5. The van der Waals surface area contributed by atoms with E-state index in [9.17, 15) is 8.78 Å². The van der Waals surface area contributed by atoms with Gasteiger partial charge < -0.3 is 10.1 Å². The van der Waals surface area contributed by atoms with Crippen molar-refractivity contribution in [3.05, 3.63) is 93.1 Å². The van der Waals surface area contributed by atoms with Gasteiger partial charge in [-0.15, -0.1) is 0 Å². The minimum atomic E-state index is -0.667. The molecule has 1 saturated heterocycles. The van der Waals surface area contributed by atoms with Crippen LogP contribution >= 0.6 is 23.4 Å². The minimum absolute atomic E-state index is 0.294. The molecule has 2 aliphatic heterocycles. The summed E-state index contributed by atoms with van der Waals surface area (Å²) < 4.78 is 23.1. The number of rotatable bonds is 8. The number of hydrogen-bond acceptors (Lipinski definition) is 4. The van der Waals surface area contributed by atoms with Crippen molar-refractivity contribution in [3.63, 3.8) is 0 Å². The first-order valence-corrected chi connectivity index (χ1v) is 14.8. The van der Waals surface area contributed by atoms with Crippen LogP contribution in [-0.2, 0) is 0 Å². The minimum Gasteiger partial charge on any atom is -0.363 e. The Morgan fingerprint density at radius 1 is 1.31 bits per heavy atom.